The minimum atomic E-state index is -0.223. The molecule has 1 aliphatic heterocycles. The quantitative estimate of drug-likeness (QED) is 0.858. The van der Waals surface area contributed by atoms with Crippen LogP contribution < -0.4 is 5.32 Å². The van der Waals surface area contributed by atoms with Crippen molar-refractivity contribution < 1.29 is 4.39 Å². The number of nitrogens with zero attached hydrogens (tertiary/aromatic N) is 1. The van der Waals surface area contributed by atoms with Crippen molar-refractivity contribution in [2.75, 3.05) is 26.3 Å². The van der Waals surface area contributed by atoms with E-state index < -0.39 is 0 Å². The number of hydrogen-bond acceptors (Lipinski definition) is 2. The average molecular weight is 278 g/mol. The summed E-state index contributed by atoms with van der Waals surface area (Å²) in [5.74, 6) is 0.666. The highest BCUT2D eigenvalue weighted by Gasteiger charge is 2.30. The first-order chi connectivity index (χ1) is 9.76. The molecule has 0 bridgehead atoms. The van der Waals surface area contributed by atoms with Crippen LogP contribution in [0.3, 0.4) is 0 Å². The highest BCUT2D eigenvalue weighted by Crippen LogP contribution is 2.26. The molecule has 3 unspecified atom stereocenters. The molecule has 0 radical (unpaired) electrons. The molecule has 0 spiro atoms. The molecule has 2 nitrogen and oxygen atoms in total. The van der Waals surface area contributed by atoms with Crippen molar-refractivity contribution in [2.45, 2.75) is 38.8 Å². The van der Waals surface area contributed by atoms with Crippen molar-refractivity contribution in [2.24, 2.45) is 5.92 Å². The summed E-state index contributed by atoms with van der Waals surface area (Å²) >= 11 is 0. The van der Waals surface area contributed by atoms with E-state index in [2.05, 4.69) is 48.3 Å². The lowest BCUT2D eigenvalue weighted by atomic mass is 9.93. The summed E-state index contributed by atoms with van der Waals surface area (Å²) < 4.78 is 12.6. The molecule has 1 aromatic carbocycles. The predicted molar refractivity (Wildman–Crippen MR) is 82.6 cm³/mol. The number of rotatable bonds is 6. The van der Waals surface area contributed by atoms with E-state index in [1.165, 1.54) is 12.0 Å². The third kappa shape index (κ3) is 3.80. The second-order valence-corrected chi connectivity index (χ2v) is 5.86. The summed E-state index contributed by atoms with van der Waals surface area (Å²) in [5.41, 5.74) is 1.33. The van der Waals surface area contributed by atoms with Crippen molar-refractivity contribution in [1.29, 1.82) is 0 Å². The standard InChI is InChI=1S/C17H27FN2/c1-3-14(2)16-13-20(11-7-10-18)17(12-19-16)15-8-5-4-6-9-15/h4-6,8-9,14,16-17,19H,3,7,10-13H2,1-2H3. The molecule has 1 fully saturated rings. The Hall–Kier alpha value is -0.930. The number of benzene rings is 1. The third-order valence-corrected chi connectivity index (χ3v) is 4.54. The molecule has 0 saturated carbocycles. The van der Waals surface area contributed by atoms with Gasteiger partial charge < -0.3 is 5.32 Å². The van der Waals surface area contributed by atoms with E-state index in [0.29, 0.717) is 24.4 Å². The van der Waals surface area contributed by atoms with E-state index in [9.17, 15) is 4.39 Å². The molecule has 0 amide bonds. The number of hydrogen-bond donors (Lipinski definition) is 1. The number of piperazine rings is 1. The number of alkyl halides is 1. The highest BCUT2D eigenvalue weighted by molar-refractivity contribution is 5.20. The summed E-state index contributed by atoms with van der Waals surface area (Å²) in [7, 11) is 0. The van der Waals surface area contributed by atoms with E-state index >= 15 is 0 Å². The van der Waals surface area contributed by atoms with Gasteiger partial charge in [-0.25, -0.2) is 0 Å². The number of halogens is 1. The average Bonchev–Trinajstić information content (AvgIpc) is 2.52. The Morgan fingerprint density at radius 3 is 2.75 bits per heavy atom. The van der Waals surface area contributed by atoms with E-state index in [-0.39, 0.29) is 6.67 Å². The maximum Gasteiger partial charge on any atom is 0.0906 e. The maximum atomic E-state index is 12.6. The lowest BCUT2D eigenvalue weighted by Gasteiger charge is -2.42. The molecule has 3 heteroatoms. The molecule has 3 atom stereocenters. The molecule has 1 aliphatic rings. The van der Waals surface area contributed by atoms with Crippen LogP contribution in [0.15, 0.2) is 30.3 Å². The first-order valence-corrected chi connectivity index (χ1v) is 7.84. The minimum absolute atomic E-state index is 0.223. The lowest BCUT2D eigenvalue weighted by molar-refractivity contribution is 0.105. The predicted octanol–water partition coefficient (Wildman–Crippen LogP) is 3.41. The van der Waals surface area contributed by atoms with Gasteiger partial charge in [0, 0.05) is 31.7 Å². The fourth-order valence-corrected chi connectivity index (χ4v) is 3.02. The van der Waals surface area contributed by atoms with Crippen molar-refractivity contribution in [1.82, 2.24) is 10.2 Å². The third-order valence-electron chi connectivity index (χ3n) is 4.54. The fourth-order valence-electron chi connectivity index (χ4n) is 3.02. The van der Waals surface area contributed by atoms with Crippen molar-refractivity contribution in [3.8, 4) is 0 Å². The van der Waals surface area contributed by atoms with Gasteiger partial charge in [-0.3, -0.25) is 9.29 Å². The van der Waals surface area contributed by atoms with Gasteiger partial charge in [0.15, 0.2) is 0 Å². The van der Waals surface area contributed by atoms with E-state index in [1.54, 1.807) is 0 Å². The van der Waals surface area contributed by atoms with Gasteiger partial charge in [0.2, 0.25) is 0 Å². The Morgan fingerprint density at radius 2 is 2.10 bits per heavy atom. The largest absolute Gasteiger partial charge is 0.311 e. The zero-order valence-corrected chi connectivity index (χ0v) is 12.7. The van der Waals surface area contributed by atoms with Crippen LogP contribution in [0.5, 0.6) is 0 Å². The summed E-state index contributed by atoms with van der Waals surface area (Å²) in [5, 5.41) is 3.69. The highest BCUT2D eigenvalue weighted by atomic mass is 19.1. The molecule has 0 aliphatic carbocycles. The van der Waals surface area contributed by atoms with Gasteiger partial charge in [0.25, 0.3) is 0 Å². The molecule has 1 N–H and O–H groups in total. The van der Waals surface area contributed by atoms with Crippen molar-refractivity contribution in [3.05, 3.63) is 35.9 Å². The topological polar surface area (TPSA) is 15.3 Å². The normalized spacial score (nSPS) is 25.6. The van der Waals surface area contributed by atoms with Crippen LogP contribution >= 0.6 is 0 Å². The second-order valence-electron chi connectivity index (χ2n) is 5.86. The zero-order valence-electron chi connectivity index (χ0n) is 12.7. The number of nitrogens with one attached hydrogen (secondary N) is 1. The van der Waals surface area contributed by atoms with Crippen LogP contribution in [-0.4, -0.2) is 37.3 Å². The van der Waals surface area contributed by atoms with Gasteiger partial charge in [-0.15, -0.1) is 0 Å². The SMILES string of the molecule is CCC(C)C1CN(CCCF)C(c2ccccc2)CN1. The van der Waals surface area contributed by atoms with Crippen LogP contribution in [0.25, 0.3) is 0 Å². The molecule has 112 valence electrons. The van der Waals surface area contributed by atoms with Gasteiger partial charge in [-0.2, -0.15) is 0 Å². The van der Waals surface area contributed by atoms with E-state index in [0.717, 1.165) is 19.6 Å². The minimum Gasteiger partial charge on any atom is -0.311 e. The Morgan fingerprint density at radius 1 is 1.35 bits per heavy atom. The van der Waals surface area contributed by atoms with Crippen molar-refractivity contribution in [3.63, 3.8) is 0 Å². The second kappa shape index (κ2) is 7.75. The molecule has 0 aromatic heterocycles. The molecule has 2 rings (SSSR count). The molecular formula is C17H27FN2. The summed E-state index contributed by atoms with van der Waals surface area (Å²) in [4.78, 5) is 2.46. The molecule has 1 saturated heterocycles. The van der Waals surface area contributed by atoms with Crippen molar-refractivity contribution >= 4 is 0 Å². The smallest absolute Gasteiger partial charge is 0.0906 e. The Labute approximate surface area is 122 Å². The molecule has 1 heterocycles. The summed E-state index contributed by atoms with van der Waals surface area (Å²) in [6, 6.07) is 11.5. The summed E-state index contributed by atoms with van der Waals surface area (Å²) in [6.45, 7) is 7.15. The molecule has 20 heavy (non-hydrogen) atoms. The zero-order chi connectivity index (χ0) is 14.4. The Bertz CT molecular complexity index is 382. The first kappa shape index (κ1) is 15.5. The van der Waals surface area contributed by atoms with E-state index in [4.69, 9.17) is 0 Å². The molecular weight excluding hydrogens is 251 g/mol. The fraction of sp³-hybridized carbons (Fsp3) is 0.647. The first-order valence-electron chi connectivity index (χ1n) is 7.84. The maximum absolute atomic E-state index is 12.6. The summed E-state index contributed by atoms with van der Waals surface area (Å²) in [6.07, 6.45) is 1.82. The van der Waals surface area contributed by atoms with Gasteiger partial charge in [0.05, 0.1) is 6.67 Å². The van der Waals surface area contributed by atoms with Gasteiger partial charge in [0.1, 0.15) is 0 Å². The van der Waals surface area contributed by atoms with E-state index in [1.807, 2.05) is 6.07 Å². The van der Waals surface area contributed by atoms with Crippen LogP contribution in [0, 0.1) is 5.92 Å². The van der Waals surface area contributed by atoms with Gasteiger partial charge in [-0.1, -0.05) is 50.6 Å². The van der Waals surface area contributed by atoms with Gasteiger partial charge >= 0.3 is 0 Å². The van der Waals surface area contributed by atoms with Crippen LogP contribution in [0.4, 0.5) is 4.39 Å². The van der Waals surface area contributed by atoms with Crippen LogP contribution in [0.2, 0.25) is 0 Å². The van der Waals surface area contributed by atoms with Gasteiger partial charge in [-0.05, 0) is 17.9 Å². The Kier molecular flexibility index (Phi) is 5.99. The molecule has 1 aromatic rings. The van der Waals surface area contributed by atoms with Crippen LogP contribution in [-0.2, 0) is 0 Å². The lowest BCUT2D eigenvalue weighted by Crippen LogP contribution is -2.54. The Balaban J connectivity index is 2.07. The van der Waals surface area contributed by atoms with Crippen LogP contribution in [0.1, 0.15) is 38.3 Å². The monoisotopic (exact) mass is 278 g/mol.